The van der Waals surface area contributed by atoms with Gasteiger partial charge in [-0.25, -0.2) is 9.97 Å². The molecule has 5 heteroatoms. The molecule has 0 aromatic carbocycles. The monoisotopic (exact) mass is 219 g/mol. The first-order chi connectivity index (χ1) is 7.47. The largest absolute Gasteiger partial charge is 0.366 e. The van der Waals surface area contributed by atoms with Crippen molar-refractivity contribution >= 4 is 16.9 Å². The van der Waals surface area contributed by atoms with Gasteiger partial charge in [0.2, 0.25) is 0 Å². The number of aromatic nitrogens is 3. The molecule has 0 aliphatic rings. The van der Waals surface area contributed by atoms with Crippen molar-refractivity contribution in [3.8, 4) is 0 Å². The highest BCUT2D eigenvalue weighted by Gasteiger charge is 2.12. The van der Waals surface area contributed by atoms with Crippen LogP contribution < -0.4 is 11.1 Å². The molecular formula is C11H17N5. The quantitative estimate of drug-likeness (QED) is 0.811. The molecule has 0 aliphatic carbocycles. The molecular weight excluding hydrogens is 202 g/mol. The second kappa shape index (κ2) is 3.75. The molecule has 0 spiro atoms. The SMILES string of the molecule is Cn1cnc2c(NCC(C)(C)N)nccc21. The van der Waals surface area contributed by atoms with Gasteiger partial charge in [0.25, 0.3) is 0 Å². The van der Waals surface area contributed by atoms with Gasteiger partial charge in [0.1, 0.15) is 5.52 Å². The summed E-state index contributed by atoms with van der Waals surface area (Å²) in [6, 6.07) is 1.95. The number of hydrogen-bond donors (Lipinski definition) is 2. The molecule has 16 heavy (non-hydrogen) atoms. The van der Waals surface area contributed by atoms with E-state index in [0.29, 0.717) is 6.54 Å². The van der Waals surface area contributed by atoms with Crippen molar-refractivity contribution < 1.29 is 0 Å². The second-order valence-electron chi connectivity index (χ2n) is 4.72. The zero-order chi connectivity index (χ0) is 11.8. The molecule has 86 valence electrons. The molecule has 0 saturated carbocycles. The fraction of sp³-hybridized carbons (Fsp3) is 0.455. The van der Waals surface area contributed by atoms with Crippen molar-refractivity contribution in [2.24, 2.45) is 12.8 Å². The van der Waals surface area contributed by atoms with E-state index in [0.717, 1.165) is 16.9 Å². The Morgan fingerprint density at radius 3 is 2.88 bits per heavy atom. The van der Waals surface area contributed by atoms with Gasteiger partial charge in [0.05, 0.1) is 11.8 Å². The molecule has 0 saturated heterocycles. The number of fused-ring (bicyclic) bond motifs is 1. The summed E-state index contributed by atoms with van der Waals surface area (Å²) >= 11 is 0. The zero-order valence-electron chi connectivity index (χ0n) is 9.86. The van der Waals surface area contributed by atoms with E-state index in [4.69, 9.17) is 5.73 Å². The number of nitrogens with one attached hydrogen (secondary N) is 1. The standard InChI is InChI=1S/C11H17N5/c1-11(2,12)6-14-10-9-8(4-5-13-10)16(3)7-15-9/h4-5,7H,6,12H2,1-3H3,(H,13,14). The molecule has 0 fully saturated rings. The van der Waals surface area contributed by atoms with Crippen molar-refractivity contribution in [1.29, 1.82) is 0 Å². The van der Waals surface area contributed by atoms with Crippen molar-refractivity contribution in [3.63, 3.8) is 0 Å². The van der Waals surface area contributed by atoms with Gasteiger partial charge in [0, 0.05) is 25.3 Å². The highest BCUT2D eigenvalue weighted by molar-refractivity contribution is 5.85. The molecule has 2 rings (SSSR count). The van der Waals surface area contributed by atoms with Crippen LogP contribution in [0.25, 0.3) is 11.0 Å². The van der Waals surface area contributed by atoms with Crippen molar-refractivity contribution in [3.05, 3.63) is 18.6 Å². The molecule has 2 aromatic heterocycles. The number of nitrogens with zero attached hydrogens (tertiary/aromatic N) is 3. The minimum atomic E-state index is -0.265. The van der Waals surface area contributed by atoms with Crippen LogP contribution in [0, 0.1) is 0 Å². The first-order valence-corrected chi connectivity index (χ1v) is 5.26. The van der Waals surface area contributed by atoms with E-state index in [1.807, 2.05) is 31.5 Å². The van der Waals surface area contributed by atoms with Crippen LogP contribution in [0.4, 0.5) is 5.82 Å². The highest BCUT2D eigenvalue weighted by atomic mass is 15.1. The van der Waals surface area contributed by atoms with Gasteiger partial charge >= 0.3 is 0 Å². The maximum absolute atomic E-state index is 5.92. The van der Waals surface area contributed by atoms with Crippen LogP contribution in [0.5, 0.6) is 0 Å². The Balaban J connectivity index is 2.31. The number of imidazole rings is 1. The lowest BCUT2D eigenvalue weighted by Gasteiger charge is -2.19. The summed E-state index contributed by atoms with van der Waals surface area (Å²) in [6.45, 7) is 4.60. The summed E-state index contributed by atoms with van der Waals surface area (Å²) in [4.78, 5) is 8.60. The molecule has 2 heterocycles. The van der Waals surface area contributed by atoms with Crippen LogP contribution in [0.2, 0.25) is 0 Å². The summed E-state index contributed by atoms with van der Waals surface area (Å²) in [7, 11) is 1.96. The Bertz CT molecular complexity index is 495. The van der Waals surface area contributed by atoms with E-state index < -0.39 is 0 Å². The minimum Gasteiger partial charge on any atom is -0.366 e. The van der Waals surface area contributed by atoms with Crippen molar-refractivity contribution in [2.75, 3.05) is 11.9 Å². The molecule has 2 aromatic rings. The lowest BCUT2D eigenvalue weighted by atomic mass is 10.1. The molecule has 0 amide bonds. The Morgan fingerprint density at radius 1 is 1.44 bits per heavy atom. The number of pyridine rings is 1. The number of hydrogen-bond acceptors (Lipinski definition) is 4. The fourth-order valence-electron chi connectivity index (χ4n) is 1.50. The third-order valence-corrected chi connectivity index (χ3v) is 2.35. The number of rotatable bonds is 3. The van der Waals surface area contributed by atoms with Crippen molar-refractivity contribution in [2.45, 2.75) is 19.4 Å². The predicted molar refractivity (Wildman–Crippen MR) is 65.3 cm³/mol. The Morgan fingerprint density at radius 2 is 2.19 bits per heavy atom. The van der Waals surface area contributed by atoms with Gasteiger partial charge in [-0.15, -0.1) is 0 Å². The van der Waals surface area contributed by atoms with Gasteiger partial charge in [-0.2, -0.15) is 0 Å². The second-order valence-corrected chi connectivity index (χ2v) is 4.72. The van der Waals surface area contributed by atoms with Crippen LogP contribution in [0.15, 0.2) is 18.6 Å². The van der Waals surface area contributed by atoms with Crippen molar-refractivity contribution in [1.82, 2.24) is 14.5 Å². The maximum Gasteiger partial charge on any atom is 0.154 e. The van der Waals surface area contributed by atoms with E-state index in [-0.39, 0.29) is 5.54 Å². The molecule has 0 bridgehead atoms. The normalized spacial score (nSPS) is 12.0. The summed E-state index contributed by atoms with van der Waals surface area (Å²) < 4.78 is 1.97. The van der Waals surface area contributed by atoms with Gasteiger partial charge < -0.3 is 15.6 Å². The van der Waals surface area contributed by atoms with Gasteiger partial charge in [-0.1, -0.05) is 0 Å². The van der Waals surface area contributed by atoms with E-state index in [2.05, 4.69) is 15.3 Å². The molecule has 0 atom stereocenters. The highest BCUT2D eigenvalue weighted by Crippen LogP contribution is 2.18. The Kier molecular flexibility index (Phi) is 2.55. The summed E-state index contributed by atoms with van der Waals surface area (Å²) in [5.41, 5.74) is 7.60. The van der Waals surface area contributed by atoms with E-state index >= 15 is 0 Å². The maximum atomic E-state index is 5.92. The van der Waals surface area contributed by atoms with Crippen LogP contribution >= 0.6 is 0 Å². The first-order valence-electron chi connectivity index (χ1n) is 5.26. The average Bonchev–Trinajstić information content (AvgIpc) is 2.57. The minimum absolute atomic E-state index is 0.265. The third-order valence-electron chi connectivity index (χ3n) is 2.35. The van der Waals surface area contributed by atoms with E-state index in [9.17, 15) is 0 Å². The molecule has 0 aliphatic heterocycles. The zero-order valence-corrected chi connectivity index (χ0v) is 9.86. The predicted octanol–water partition coefficient (Wildman–Crippen LogP) is 1.12. The number of aryl methyl sites for hydroxylation is 1. The van der Waals surface area contributed by atoms with Crippen LogP contribution in [0.3, 0.4) is 0 Å². The third kappa shape index (κ3) is 2.14. The summed E-state index contributed by atoms with van der Waals surface area (Å²) in [5.74, 6) is 0.789. The Labute approximate surface area is 94.7 Å². The van der Waals surface area contributed by atoms with E-state index in [1.54, 1.807) is 12.5 Å². The molecule has 0 radical (unpaired) electrons. The fourth-order valence-corrected chi connectivity index (χ4v) is 1.50. The van der Waals surface area contributed by atoms with Crippen LogP contribution in [-0.4, -0.2) is 26.6 Å². The average molecular weight is 219 g/mol. The van der Waals surface area contributed by atoms with Gasteiger partial charge in [-0.3, -0.25) is 0 Å². The molecule has 5 nitrogen and oxygen atoms in total. The summed E-state index contributed by atoms with van der Waals surface area (Å²) in [6.07, 6.45) is 3.56. The number of anilines is 1. The van der Waals surface area contributed by atoms with E-state index in [1.165, 1.54) is 0 Å². The summed E-state index contributed by atoms with van der Waals surface area (Å²) in [5, 5.41) is 3.23. The Hall–Kier alpha value is -1.62. The lowest BCUT2D eigenvalue weighted by molar-refractivity contribution is 0.549. The van der Waals surface area contributed by atoms with Crippen LogP contribution in [0.1, 0.15) is 13.8 Å². The molecule has 0 unspecified atom stereocenters. The van der Waals surface area contributed by atoms with Crippen LogP contribution in [-0.2, 0) is 7.05 Å². The van der Waals surface area contributed by atoms with Gasteiger partial charge in [-0.05, 0) is 19.9 Å². The first kappa shape index (κ1) is 10.9. The lowest BCUT2D eigenvalue weighted by Crippen LogP contribution is -2.39. The van der Waals surface area contributed by atoms with Gasteiger partial charge in [0.15, 0.2) is 5.82 Å². The number of nitrogens with two attached hydrogens (primary N) is 1. The molecule has 3 N–H and O–H groups in total. The topological polar surface area (TPSA) is 68.8 Å². The smallest absolute Gasteiger partial charge is 0.154 e.